The summed E-state index contributed by atoms with van der Waals surface area (Å²) >= 11 is 3.19. The van der Waals surface area contributed by atoms with Gasteiger partial charge in [0.2, 0.25) is 11.8 Å². The van der Waals surface area contributed by atoms with Crippen molar-refractivity contribution in [2.75, 3.05) is 18.5 Å². The Hall–Kier alpha value is -2.15. The van der Waals surface area contributed by atoms with Crippen molar-refractivity contribution in [1.29, 1.82) is 0 Å². The quantitative estimate of drug-likeness (QED) is 0.799. The number of carbonyl (C=O) groups excluding carboxylic acids is 2. The Bertz CT molecular complexity index is 763. The van der Waals surface area contributed by atoms with Crippen LogP contribution in [0.5, 0.6) is 0 Å². The van der Waals surface area contributed by atoms with Crippen LogP contribution < -0.4 is 4.90 Å². The van der Waals surface area contributed by atoms with Crippen LogP contribution in [0, 0.1) is 11.7 Å². The minimum atomic E-state index is -0.489. The van der Waals surface area contributed by atoms with Gasteiger partial charge in [0.15, 0.2) is 0 Å². The van der Waals surface area contributed by atoms with E-state index in [1.807, 2.05) is 0 Å². The molecule has 7 heteroatoms. The number of hydrogen-bond donors (Lipinski definition) is 0. The molecule has 3 rings (SSSR count). The lowest BCUT2D eigenvalue weighted by Gasteiger charge is -2.22. The molecule has 2 heterocycles. The van der Waals surface area contributed by atoms with Gasteiger partial charge in [0.25, 0.3) is 0 Å². The molecule has 24 heavy (non-hydrogen) atoms. The third kappa shape index (κ3) is 3.36. The van der Waals surface area contributed by atoms with Gasteiger partial charge in [0.05, 0.1) is 24.4 Å². The fourth-order valence-corrected chi connectivity index (χ4v) is 3.16. The van der Waals surface area contributed by atoms with E-state index in [1.165, 1.54) is 24.1 Å². The molecule has 1 unspecified atom stereocenters. The van der Waals surface area contributed by atoms with Crippen LogP contribution in [0.15, 0.2) is 45.5 Å². The zero-order chi connectivity index (χ0) is 17.3. The van der Waals surface area contributed by atoms with Gasteiger partial charge in [-0.2, -0.15) is 0 Å². The fraction of sp³-hybridized carbons (Fsp3) is 0.294. The Morgan fingerprint density at radius 1 is 1.46 bits per heavy atom. The summed E-state index contributed by atoms with van der Waals surface area (Å²) in [5.74, 6) is -0.679. The summed E-state index contributed by atoms with van der Waals surface area (Å²) in [4.78, 5) is 27.6. The summed E-state index contributed by atoms with van der Waals surface area (Å²) in [6.45, 7) is 0.646. The molecule has 1 aromatic heterocycles. The van der Waals surface area contributed by atoms with E-state index in [-0.39, 0.29) is 23.9 Å². The van der Waals surface area contributed by atoms with Gasteiger partial charge in [0.1, 0.15) is 11.6 Å². The van der Waals surface area contributed by atoms with Crippen molar-refractivity contribution >= 4 is 33.4 Å². The molecule has 126 valence electrons. The van der Waals surface area contributed by atoms with Crippen molar-refractivity contribution in [1.82, 2.24) is 4.90 Å². The highest BCUT2D eigenvalue weighted by Gasteiger charge is 2.36. The first-order chi connectivity index (χ1) is 11.5. The molecule has 1 atom stereocenters. The van der Waals surface area contributed by atoms with Crippen LogP contribution in [0.4, 0.5) is 10.1 Å². The van der Waals surface area contributed by atoms with E-state index < -0.39 is 11.7 Å². The van der Waals surface area contributed by atoms with Crippen molar-refractivity contribution in [3.8, 4) is 0 Å². The third-order valence-corrected chi connectivity index (χ3v) is 4.59. The normalized spacial score (nSPS) is 17.4. The maximum absolute atomic E-state index is 14.0. The van der Waals surface area contributed by atoms with Gasteiger partial charge in [-0.25, -0.2) is 4.39 Å². The Balaban J connectivity index is 1.70. The number of carbonyl (C=O) groups is 2. The number of nitrogens with zero attached hydrogens (tertiary/aromatic N) is 2. The number of rotatable bonds is 4. The molecule has 0 aliphatic carbocycles. The Kier molecular flexibility index (Phi) is 4.71. The summed E-state index contributed by atoms with van der Waals surface area (Å²) < 4.78 is 19.9. The van der Waals surface area contributed by atoms with E-state index in [9.17, 15) is 14.0 Å². The standard InChI is InChI=1S/C17H16BrFN2O3/c1-20(15-5-4-12(18)8-14(15)19)17(23)11-7-16(22)21(9-11)10-13-3-2-6-24-13/h2-6,8,11H,7,9-10H2,1H3. The molecular formula is C17H16BrFN2O3. The SMILES string of the molecule is CN(C(=O)C1CC(=O)N(Cc2ccco2)C1)c1ccc(Br)cc1F. The zero-order valence-corrected chi connectivity index (χ0v) is 14.6. The lowest BCUT2D eigenvalue weighted by Crippen LogP contribution is -2.35. The molecule has 2 amide bonds. The molecule has 0 spiro atoms. The molecule has 5 nitrogen and oxygen atoms in total. The highest BCUT2D eigenvalue weighted by atomic mass is 79.9. The number of hydrogen-bond acceptors (Lipinski definition) is 3. The number of halogens is 2. The maximum atomic E-state index is 14.0. The molecule has 0 saturated carbocycles. The molecule has 1 aliphatic rings. The average molecular weight is 395 g/mol. The van der Waals surface area contributed by atoms with Gasteiger partial charge < -0.3 is 14.2 Å². The summed E-state index contributed by atoms with van der Waals surface area (Å²) in [6, 6.07) is 8.05. The molecule has 1 aliphatic heterocycles. The van der Waals surface area contributed by atoms with E-state index in [4.69, 9.17) is 4.42 Å². The lowest BCUT2D eigenvalue weighted by molar-refractivity contribution is -0.129. The van der Waals surface area contributed by atoms with Crippen LogP contribution in [0.1, 0.15) is 12.2 Å². The summed E-state index contributed by atoms with van der Waals surface area (Å²) in [5, 5.41) is 0. The first-order valence-electron chi connectivity index (χ1n) is 7.48. The molecular weight excluding hydrogens is 379 g/mol. The van der Waals surface area contributed by atoms with E-state index in [0.29, 0.717) is 23.3 Å². The topological polar surface area (TPSA) is 53.8 Å². The first kappa shape index (κ1) is 16.7. The van der Waals surface area contributed by atoms with E-state index in [1.54, 1.807) is 29.4 Å². The van der Waals surface area contributed by atoms with Crippen LogP contribution >= 0.6 is 15.9 Å². The monoisotopic (exact) mass is 394 g/mol. The highest BCUT2D eigenvalue weighted by Crippen LogP contribution is 2.27. The third-order valence-electron chi connectivity index (χ3n) is 4.09. The van der Waals surface area contributed by atoms with Crippen molar-refractivity contribution < 1.29 is 18.4 Å². The minimum absolute atomic E-state index is 0.102. The van der Waals surface area contributed by atoms with E-state index >= 15 is 0 Å². The Labute approximate surface area is 147 Å². The van der Waals surface area contributed by atoms with E-state index in [2.05, 4.69) is 15.9 Å². The molecule has 0 bridgehead atoms. The Morgan fingerprint density at radius 3 is 2.92 bits per heavy atom. The average Bonchev–Trinajstić information content (AvgIpc) is 3.17. The first-order valence-corrected chi connectivity index (χ1v) is 8.28. The number of likely N-dealkylation sites (tertiary alicyclic amines) is 1. The van der Waals surface area contributed by atoms with Crippen LogP contribution in [0.3, 0.4) is 0 Å². The second-order valence-corrected chi connectivity index (χ2v) is 6.66. The zero-order valence-electron chi connectivity index (χ0n) is 13.0. The van der Waals surface area contributed by atoms with Crippen molar-refractivity contribution in [2.45, 2.75) is 13.0 Å². The predicted octanol–water partition coefficient (Wildman–Crippen LogP) is 3.19. The van der Waals surface area contributed by atoms with Crippen molar-refractivity contribution in [2.24, 2.45) is 5.92 Å². The molecule has 1 aromatic carbocycles. The van der Waals surface area contributed by atoms with Crippen molar-refractivity contribution in [3.05, 3.63) is 52.6 Å². The van der Waals surface area contributed by atoms with Crippen LogP contribution in [0.25, 0.3) is 0 Å². The second-order valence-electron chi connectivity index (χ2n) is 5.75. The van der Waals surface area contributed by atoms with Gasteiger partial charge in [-0.3, -0.25) is 9.59 Å². The van der Waals surface area contributed by atoms with Crippen LogP contribution in [0.2, 0.25) is 0 Å². The maximum Gasteiger partial charge on any atom is 0.232 e. The van der Waals surface area contributed by atoms with Gasteiger partial charge in [-0.05, 0) is 30.3 Å². The summed E-state index contributed by atoms with van der Waals surface area (Å²) in [7, 11) is 1.52. The molecule has 0 radical (unpaired) electrons. The minimum Gasteiger partial charge on any atom is -0.467 e. The van der Waals surface area contributed by atoms with Gasteiger partial charge in [-0.1, -0.05) is 15.9 Å². The van der Waals surface area contributed by atoms with Crippen LogP contribution in [-0.4, -0.2) is 30.3 Å². The van der Waals surface area contributed by atoms with Gasteiger partial charge >= 0.3 is 0 Å². The van der Waals surface area contributed by atoms with Crippen LogP contribution in [-0.2, 0) is 16.1 Å². The smallest absolute Gasteiger partial charge is 0.232 e. The molecule has 1 fully saturated rings. The predicted molar refractivity (Wildman–Crippen MR) is 89.7 cm³/mol. The number of furan rings is 1. The lowest BCUT2D eigenvalue weighted by atomic mass is 10.1. The van der Waals surface area contributed by atoms with E-state index in [0.717, 1.165) is 0 Å². The highest BCUT2D eigenvalue weighted by molar-refractivity contribution is 9.10. The largest absolute Gasteiger partial charge is 0.467 e. The van der Waals surface area contributed by atoms with Crippen molar-refractivity contribution in [3.63, 3.8) is 0 Å². The molecule has 1 saturated heterocycles. The molecule has 2 aromatic rings. The molecule has 0 N–H and O–H groups in total. The summed E-state index contributed by atoms with van der Waals surface area (Å²) in [5.41, 5.74) is 0.195. The number of anilines is 1. The summed E-state index contributed by atoms with van der Waals surface area (Å²) in [6.07, 6.45) is 1.67. The van der Waals surface area contributed by atoms with Gasteiger partial charge in [0, 0.05) is 24.5 Å². The fourth-order valence-electron chi connectivity index (χ4n) is 2.83. The second kappa shape index (κ2) is 6.76. The number of amides is 2. The van der Waals surface area contributed by atoms with Gasteiger partial charge in [-0.15, -0.1) is 0 Å². The Morgan fingerprint density at radius 2 is 2.25 bits per heavy atom. The number of benzene rings is 1.